The largest absolute Gasteiger partial charge is 0.618 e. The van der Waals surface area contributed by atoms with Crippen LogP contribution in [-0.4, -0.2) is 34.8 Å². The number of alkyl halides is 3. The Morgan fingerprint density at radius 3 is 2.48 bits per heavy atom. The van der Waals surface area contributed by atoms with E-state index in [2.05, 4.69) is 5.32 Å². The summed E-state index contributed by atoms with van der Waals surface area (Å²) >= 11 is 0. The molecular formula is C20H18F5N3O5. The molecular weight excluding hydrogens is 457 g/mol. The van der Waals surface area contributed by atoms with Gasteiger partial charge in [-0.1, -0.05) is 13.0 Å². The zero-order valence-corrected chi connectivity index (χ0v) is 17.1. The summed E-state index contributed by atoms with van der Waals surface area (Å²) in [7, 11) is 0. The van der Waals surface area contributed by atoms with E-state index in [0.717, 1.165) is 31.3 Å². The van der Waals surface area contributed by atoms with Crippen LogP contribution in [0.15, 0.2) is 30.5 Å². The third-order valence-electron chi connectivity index (χ3n) is 5.83. The summed E-state index contributed by atoms with van der Waals surface area (Å²) in [6.45, 7) is 1.79. The van der Waals surface area contributed by atoms with Gasteiger partial charge in [0.05, 0.1) is 5.69 Å². The minimum absolute atomic E-state index is 0.120. The van der Waals surface area contributed by atoms with Crippen LogP contribution in [0.5, 0.6) is 5.75 Å². The van der Waals surface area contributed by atoms with Gasteiger partial charge in [0.15, 0.2) is 23.4 Å². The van der Waals surface area contributed by atoms with Crippen molar-refractivity contribution in [3.05, 3.63) is 58.6 Å². The number of amides is 2. The lowest BCUT2D eigenvalue weighted by Crippen LogP contribution is -2.47. The summed E-state index contributed by atoms with van der Waals surface area (Å²) in [6, 6.07) is 3.44. The highest BCUT2D eigenvalue weighted by Gasteiger charge is 2.65. The van der Waals surface area contributed by atoms with Gasteiger partial charge in [-0.3, -0.25) is 9.59 Å². The summed E-state index contributed by atoms with van der Waals surface area (Å²) in [6.07, 6.45) is -6.04. The first-order valence-corrected chi connectivity index (χ1v) is 9.44. The van der Waals surface area contributed by atoms with Crippen LogP contribution in [0.2, 0.25) is 0 Å². The number of phenolic OH excluding ortho intramolecular Hbond substituents is 1. The lowest BCUT2D eigenvalue weighted by molar-refractivity contribution is -0.607. The maximum absolute atomic E-state index is 14.0. The number of nitrogens with two attached hydrogens (primary N) is 1. The van der Waals surface area contributed by atoms with Gasteiger partial charge in [-0.2, -0.15) is 22.3 Å². The van der Waals surface area contributed by atoms with Gasteiger partial charge in [-0.05, 0) is 13.0 Å². The molecule has 4 atom stereocenters. The van der Waals surface area contributed by atoms with Gasteiger partial charge in [0.2, 0.25) is 5.82 Å². The number of carbonyl (C=O) groups is 2. The van der Waals surface area contributed by atoms with Crippen LogP contribution in [0.4, 0.5) is 27.6 Å². The van der Waals surface area contributed by atoms with E-state index in [-0.39, 0.29) is 10.4 Å². The Labute approximate surface area is 183 Å². The van der Waals surface area contributed by atoms with Crippen LogP contribution in [0.1, 0.15) is 35.8 Å². The van der Waals surface area contributed by atoms with Crippen LogP contribution in [0, 0.1) is 22.8 Å². The number of aromatic nitrogens is 1. The Balaban J connectivity index is 2.05. The Kier molecular flexibility index (Phi) is 5.96. The van der Waals surface area contributed by atoms with Crippen molar-refractivity contribution in [1.82, 2.24) is 0 Å². The maximum Gasteiger partial charge on any atom is 0.417 e. The lowest BCUT2D eigenvalue weighted by atomic mass is 9.77. The van der Waals surface area contributed by atoms with Crippen molar-refractivity contribution in [2.45, 2.75) is 37.6 Å². The molecule has 2 amide bonds. The fourth-order valence-corrected chi connectivity index (χ4v) is 3.81. The molecule has 0 unspecified atom stereocenters. The fourth-order valence-electron chi connectivity index (χ4n) is 3.81. The SMILES string of the molecule is C[C@H]1[C@H](c2ccc(F)c(F)c2O)[C@H](C(=O)Nc2cc[n+]([O-])c(C(N)=O)c2)O[C@@]1(C)C(F)(F)F. The van der Waals surface area contributed by atoms with Crippen LogP contribution in [0.3, 0.4) is 0 Å². The first-order chi connectivity index (χ1) is 15.2. The maximum atomic E-state index is 14.0. The molecule has 3 rings (SSSR count). The second kappa shape index (κ2) is 8.14. The molecule has 2 aromatic rings. The number of benzene rings is 1. The summed E-state index contributed by atoms with van der Waals surface area (Å²) in [5.41, 5.74) is 1.00. The molecule has 1 aliphatic heterocycles. The molecule has 13 heteroatoms. The number of ether oxygens (including phenoxy) is 1. The van der Waals surface area contributed by atoms with Gasteiger partial charge in [0.25, 0.3) is 11.6 Å². The molecule has 1 fully saturated rings. The first kappa shape index (κ1) is 24.2. The monoisotopic (exact) mass is 475 g/mol. The standard InChI is InChI=1S/C20H18F5N3O5/c1-8-13(10-3-4-11(21)14(22)15(10)29)16(33-19(8,2)20(23,24)25)18(31)27-9-5-6-28(32)12(7-9)17(26)30/h3-8,13,16,29H,1-2H3,(H2,26,30)(H,27,31)/t8-,13+,16+,19+/m0/s1. The number of aromatic hydroxyl groups is 1. The van der Waals surface area contributed by atoms with Crippen molar-refractivity contribution in [3.63, 3.8) is 0 Å². The number of anilines is 1. The molecule has 33 heavy (non-hydrogen) atoms. The molecule has 1 aromatic heterocycles. The number of nitrogens with zero attached hydrogens (tertiary/aromatic N) is 1. The minimum atomic E-state index is -4.96. The highest BCUT2D eigenvalue weighted by atomic mass is 19.4. The van der Waals surface area contributed by atoms with E-state index in [0.29, 0.717) is 13.0 Å². The van der Waals surface area contributed by atoms with Gasteiger partial charge in [0.1, 0.15) is 6.10 Å². The number of halogens is 5. The van der Waals surface area contributed by atoms with E-state index in [1.54, 1.807) is 0 Å². The van der Waals surface area contributed by atoms with Crippen molar-refractivity contribution in [2.75, 3.05) is 5.32 Å². The first-order valence-electron chi connectivity index (χ1n) is 9.44. The zero-order valence-electron chi connectivity index (χ0n) is 17.1. The summed E-state index contributed by atoms with van der Waals surface area (Å²) < 4.78 is 74.2. The van der Waals surface area contributed by atoms with Gasteiger partial charge in [0, 0.05) is 29.5 Å². The second-order valence-electron chi connectivity index (χ2n) is 7.74. The normalized spacial score (nSPS) is 25.1. The van der Waals surface area contributed by atoms with E-state index < -0.39 is 70.2 Å². The van der Waals surface area contributed by atoms with Gasteiger partial charge >= 0.3 is 12.1 Å². The third kappa shape index (κ3) is 4.03. The van der Waals surface area contributed by atoms with Crippen LogP contribution in [-0.2, 0) is 9.53 Å². The van der Waals surface area contributed by atoms with Crippen molar-refractivity contribution in [3.8, 4) is 5.75 Å². The van der Waals surface area contributed by atoms with Crippen molar-refractivity contribution in [1.29, 1.82) is 0 Å². The number of hydrogen-bond donors (Lipinski definition) is 3. The number of pyridine rings is 1. The van der Waals surface area contributed by atoms with E-state index in [1.807, 2.05) is 0 Å². The number of carbonyl (C=O) groups excluding carboxylic acids is 2. The Morgan fingerprint density at radius 1 is 1.27 bits per heavy atom. The molecule has 1 aliphatic rings. The fraction of sp³-hybridized carbons (Fsp3) is 0.350. The number of primary amides is 1. The molecule has 0 aliphatic carbocycles. The highest BCUT2D eigenvalue weighted by Crippen LogP contribution is 2.54. The Morgan fingerprint density at radius 2 is 1.91 bits per heavy atom. The molecule has 0 radical (unpaired) electrons. The molecule has 0 bridgehead atoms. The quantitative estimate of drug-likeness (QED) is 0.356. The molecule has 0 spiro atoms. The van der Waals surface area contributed by atoms with Gasteiger partial charge in [-0.25, -0.2) is 4.39 Å². The van der Waals surface area contributed by atoms with Crippen molar-refractivity contribution in [2.24, 2.45) is 11.7 Å². The molecule has 2 heterocycles. The molecule has 0 saturated carbocycles. The van der Waals surface area contributed by atoms with Gasteiger partial charge < -0.3 is 26.1 Å². The van der Waals surface area contributed by atoms with Crippen LogP contribution in [0.25, 0.3) is 0 Å². The smallest absolute Gasteiger partial charge is 0.417 e. The average molecular weight is 475 g/mol. The van der Waals surface area contributed by atoms with E-state index in [9.17, 15) is 41.9 Å². The molecule has 4 N–H and O–H groups in total. The van der Waals surface area contributed by atoms with Crippen LogP contribution >= 0.6 is 0 Å². The Bertz CT molecular complexity index is 1130. The zero-order chi connectivity index (χ0) is 24.9. The summed E-state index contributed by atoms with van der Waals surface area (Å²) in [4.78, 5) is 24.3. The van der Waals surface area contributed by atoms with Crippen molar-refractivity contribution < 1.29 is 46.1 Å². The predicted octanol–water partition coefficient (Wildman–Crippen LogP) is 2.48. The van der Waals surface area contributed by atoms with E-state index in [4.69, 9.17) is 10.5 Å². The number of phenols is 1. The average Bonchev–Trinajstić information content (AvgIpc) is 3.00. The topological polar surface area (TPSA) is 129 Å². The third-order valence-corrected chi connectivity index (χ3v) is 5.83. The molecule has 8 nitrogen and oxygen atoms in total. The highest BCUT2D eigenvalue weighted by molar-refractivity contribution is 5.97. The lowest BCUT2D eigenvalue weighted by Gasteiger charge is -2.31. The van der Waals surface area contributed by atoms with Crippen molar-refractivity contribution >= 4 is 17.5 Å². The number of nitrogens with one attached hydrogen (secondary N) is 1. The predicted molar refractivity (Wildman–Crippen MR) is 102 cm³/mol. The van der Waals surface area contributed by atoms with E-state index >= 15 is 0 Å². The number of hydrogen-bond acceptors (Lipinski definition) is 5. The second-order valence-corrected chi connectivity index (χ2v) is 7.74. The Hall–Kier alpha value is -3.48. The van der Waals surface area contributed by atoms with Gasteiger partial charge in [-0.15, -0.1) is 0 Å². The minimum Gasteiger partial charge on any atom is -0.618 e. The molecule has 1 aromatic carbocycles. The van der Waals surface area contributed by atoms with Crippen LogP contribution < -0.4 is 15.8 Å². The van der Waals surface area contributed by atoms with E-state index in [1.165, 1.54) is 0 Å². The molecule has 1 saturated heterocycles. The molecule has 178 valence electrons. The summed E-state index contributed by atoms with van der Waals surface area (Å²) in [5.74, 6) is -9.71. The summed E-state index contributed by atoms with van der Waals surface area (Å²) in [5, 5.41) is 23.9. The number of rotatable bonds is 4.